The molecule has 0 radical (unpaired) electrons. The van der Waals surface area contributed by atoms with E-state index >= 15 is 0 Å². The van der Waals surface area contributed by atoms with Crippen LogP contribution >= 0.6 is 0 Å². The highest BCUT2D eigenvalue weighted by Crippen LogP contribution is 2.28. The lowest BCUT2D eigenvalue weighted by atomic mass is 9.98. The topological polar surface area (TPSA) is 12.9 Å². The molecule has 0 bridgehead atoms. The van der Waals surface area contributed by atoms with Crippen molar-refractivity contribution in [2.24, 2.45) is 0 Å². The molecule has 0 N–H and O–H groups in total. The lowest BCUT2D eigenvalue weighted by Gasteiger charge is -2.12. The molecule has 1 heterocycles. The second-order valence-electron chi connectivity index (χ2n) is 6.74. The number of hydrogen-bond acceptors (Lipinski definition) is 1. The Morgan fingerprint density at radius 2 is 1.59 bits per heavy atom. The summed E-state index contributed by atoms with van der Waals surface area (Å²) in [4.78, 5) is 5.01. The number of pyridine rings is 1. The lowest BCUT2D eigenvalue weighted by Crippen LogP contribution is -1.95. The van der Waals surface area contributed by atoms with E-state index in [0.717, 1.165) is 29.8 Å². The average molecular weight is 384 g/mol. The summed E-state index contributed by atoms with van der Waals surface area (Å²) in [6.45, 7) is 10.3. The standard InChI is InChI=1S/C26H27N.C2H6/c1-4-11-21(5-2)24-18-25(22-12-9-7-6-8-10-13-22)27-26(19-24)23-16-14-20(3)15-17-23;1-2/h4-7,10-19H,8-9H2,1-3H3;1-2H3/b7-6?,11-4-,13-10-,21-5+,22-12+;. The summed E-state index contributed by atoms with van der Waals surface area (Å²) in [5, 5.41) is 0. The summed E-state index contributed by atoms with van der Waals surface area (Å²) in [6, 6.07) is 13.0. The van der Waals surface area contributed by atoms with Gasteiger partial charge in [-0.25, -0.2) is 4.98 Å². The molecule has 0 fully saturated rings. The van der Waals surface area contributed by atoms with Crippen LogP contribution in [0.4, 0.5) is 0 Å². The van der Waals surface area contributed by atoms with E-state index in [9.17, 15) is 0 Å². The van der Waals surface area contributed by atoms with Gasteiger partial charge in [0.1, 0.15) is 0 Å². The van der Waals surface area contributed by atoms with Gasteiger partial charge in [0.05, 0.1) is 11.4 Å². The van der Waals surface area contributed by atoms with Gasteiger partial charge in [-0.3, -0.25) is 0 Å². The summed E-state index contributed by atoms with van der Waals surface area (Å²) in [5.74, 6) is 0. The highest BCUT2D eigenvalue weighted by atomic mass is 14.7. The number of benzene rings is 1. The first-order chi connectivity index (χ1) is 14.2. The smallest absolute Gasteiger partial charge is 0.0715 e. The number of allylic oxidation sites excluding steroid dienone is 10. The fourth-order valence-electron chi connectivity index (χ4n) is 3.18. The highest BCUT2D eigenvalue weighted by molar-refractivity contribution is 5.81. The zero-order valence-corrected chi connectivity index (χ0v) is 18.4. The predicted octanol–water partition coefficient (Wildman–Crippen LogP) is 8.35. The van der Waals surface area contributed by atoms with Crippen molar-refractivity contribution in [3.05, 3.63) is 102 Å². The third-order valence-electron chi connectivity index (χ3n) is 4.67. The van der Waals surface area contributed by atoms with E-state index in [2.05, 4.69) is 106 Å². The van der Waals surface area contributed by atoms with Crippen LogP contribution in [0.1, 0.15) is 57.4 Å². The Labute approximate surface area is 176 Å². The fourth-order valence-corrected chi connectivity index (χ4v) is 3.18. The maximum absolute atomic E-state index is 5.01. The molecule has 150 valence electrons. The molecule has 0 amide bonds. The minimum atomic E-state index is 0.941. The minimum Gasteiger partial charge on any atom is -0.248 e. The van der Waals surface area contributed by atoms with Gasteiger partial charge in [0.15, 0.2) is 0 Å². The summed E-state index contributed by atoms with van der Waals surface area (Å²) >= 11 is 0. The van der Waals surface area contributed by atoms with Gasteiger partial charge >= 0.3 is 0 Å². The molecule has 1 aliphatic carbocycles. The second-order valence-corrected chi connectivity index (χ2v) is 6.74. The number of aromatic nitrogens is 1. The van der Waals surface area contributed by atoms with E-state index in [4.69, 9.17) is 4.98 Å². The lowest BCUT2D eigenvalue weighted by molar-refractivity contribution is 1.24. The Balaban J connectivity index is 0.00000145. The van der Waals surface area contributed by atoms with Crippen LogP contribution < -0.4 is 0 Å². The Kier molecular flexibility index (Phi) is 9.11. The Morgan fingerprint density at radius 1 is 0.897 bits per heavy atom. The molecule has 29 heavy (non-hydrogen) atoms. The van der Waals surface area contributed by atoms with Crippen molar-refractivity contribution in [1.29, 1.82) is 0 Å². The molecule has 0 spiro atoms. The zero-order valence-electron chi connectivity index (χ0n) is 18.4. The Bertz CT molecular complexity index is 935. The van der Waals surface area contributed by atoms with Crippen LogP contribution in [0.3, 0.4) is 0 Å². The van der Waals surface area contributed by atoms with Crippen LogP contribution in [0, 0.1) is 6.92 Å². The third-order valence-corrected chi connectivity index (χ3v) is 4.67. The van der Waals surface area contributed by atoms with Gasteiger partial charge in [-0.15, -0.1) is 0 Å². The molecule has 1 heteroatoms. The van der Waals surface area contributed by atoms with Crippen molar-refractivity contribution in [1.82, 2.24) is 4.98 Å². The van der Waals surface area contributed by atoms with Crippen molar-refractivity contribution in [3.63, 3.8) is 0 Å². The van der Waals surface area contributed by atoms with Crippen LogP contribution in [0.2, 0.25) is 0 Å². The number of nitrogens with zero attached hydrogens (tertiary/aromatic N) is 1. The van der Waals surface area contributed by atoms with Crippen LogP contribution in [0.5, 0.6) is 0 Å². The molecule has 3 rings (SSSR count). The first-order valence-electron chi connectivity index (χ1n) is 10.6. The first-order valence-corrected chi connectivity index (χ1v) is 10.6. The largest absolute Gasteiger partial charge is 0.248 e. The maximum atomic E-state index is 5.01. The van der Waals surface area contributed by atoms with E-state index in [1.807, 2.05) is 13.8 Å². The van der Waals surface area contributed by atoms with Gasteiger partial charge in [0.25, 0.3) is 0 Å². The maximum Gasteiger partial charge on any atom is 0.0715 e. The van der Waals surface area contributed by atoms with Crippen LogP contribution in [0.25, 0.3) is 22.4 Å². The molecule has 1 aromatic heterocycles. The molecule has 0 atom stereocenters. The second kappa shape index (κ2) is 11.8. The normalized spacial score (nSPS) is 17.0. The van der Waals surface area contributed by atoms with Crippen molar-refractivity contribution in [2.75, 3.05) is 0 Å². The number of hydrogen-bond donors (Lipinski definition) is 0. The SMILES string of the molecule is C/C=C\C(=C/C)c1cc(C2=C/CC=CC/C=C\2)nc(-c2ccc(C)cc2)c1.CC. The molecule has 0 saturated heterocycles. The predicted molar refractivity (Wildman–Crippen MR) is 130 cm³/mol. The molecule has 1 aliphatic rings. The first kappa shape index (κ1) is 22.4. The number of rotatable bonds is 4. The van der Waals surface area contributed by atoms with E-state index < -0.39 is 0 Å². The van der Waals surface area contributed by atoms with Crippen molar-refractivity contribution in [2.45, 2.75) is 47.5 Å². The van der Waals surface area contributed by atoms with E-state index in [1.165, 1.54) is 22.3 Å². The van der Waals surface area contributed by atoms with E-state index in [-0.39, 0.29) is 0 Å². The van der Waals surface area contributed by atoms with Crippen molar-refractivity contribution >= 4 is 11.1 Å². The Hall–Kier alpha value is -2.93. The van der Waals surface area contributed by atoms with Crippen LogP contribution in [-0.2, 0) is 0 Å². The average Bonchev–Trinajstić information content (AvgIpc) is 2.73. The molecular weight excluding hydrogens is 350 g/mol. The molecule has 0 unspecified atom stereocenters. The van der Waals surface area contributed by atoms with Gasteiger partial charge < -0.3 is 0 Å². The van der Waals surface area contributed by atoms with E-state index in [0.29, 0.717) is 0 Å². The molecule has 0 aliphatic heterocycles. The van der Waals surface area contributed by atoms with E-state index in [1.54, 1.807) is 0 Å². The van der Waals surface area contributed by atoms with Gasteiger partial charge in [0.2, 0.25) is 0 Å². The molecule has 2 aromatic rings. The zero-order chi connectivity index (χ0) is 21.1. The third kappa shape index (κ3) is 6.29. The van der Waals surface area contributed by atoms with Crippen LogP contribution in [-0.4, -0.2) is 4.98 Å². The van der Waals surface area contributed by atoms with Gasteiger partial charge in [-0.05, 0) is 62.5 Å². The fraction of sp³-hybridized carbons (Fsp3) is 0.250. The summed E-state index contributed by atoms with van der Waals surface area (Å²) in [7, 11) is 0. The monoisotopic (exact) mass is 383 g/mol. The quantitative estimate of drug-likeness (QED) is 0.382. The highest BCUT2D eigenvalue weighted by Gasteiger charge is 2.10. The summed E-state index contributed by atoms with van der Waals surface area (Å²) in [6.07, 6.45) is 19.4. The van der Waals surface area contributed by atoms with Crippen molar-refractivity contribution in [3.8, 4) is 11.3 Å². The molecular formula is C28H33N. The van der Waals surface area contributed by atoms with Crippen LogP contribution in [0.15, 0.2) is 85.0 Å². The summed E-state index contributed by atoms with van der Waals surface area (Å²) in [5.41, 5.74) is 8.04. The summed E-state index contributed by atoms with van der Waals surface area (Å²) < 4.78 is 0. The van der Waals surface area contributed by atoms with Crippen molar-refractivity contribution < 1.29 is 0 Å². The van der Waals surface area contributed by atoms with Gasteiger partial charge in [-0.1, -0.05) is 92.3 Å². The molecule has 1 aromatic carbocycles. The van der Waals surface area contributed by atoms with Gasteiger partial charge in [0, 0.05) is 5.56 Å². The molecule has 0 saturated carbocycles. The Morgan fingerprint density at radius 3 is 2.28 bits per heavy atom. The van der Waals surface area contributed by atoms with Gasteiger partial charge in [-0.2, -0.15) is 0 Å². The molecule has 1 nitrogen and oxygen atoms in total. The minimum absolute atomic E-state index is 0.941. The number of aryl methyl sites for hydroxylation is 1.